The second-order valence-corrected chi connectivity index (χ2v) is 5.43. The van der Waals surface area contributed by atoms with Crippen LogP contribution >= 0.6 is 11.6 Å². The molecule has 0 radical (unpaired) electrons. The second kappa shape index (κ2) is 4.00. The predicted molar refractivity (Wildman–Crippen MR) is 57.9 cm³/mol. The largest absolute Gasteiger partial charge is 0.244 e. The predicted octanol–water partition coefficient (Wildman–Crippen LogP) is 0.639. The molecule has 0 aliphatic heterocycles. The maximum atomic E-state index is 11.7. The van der Waals surface area contributed by atoms with E-state index in [4.69, 9.17) is 11.6 Å². The summed E-state index contributed by atoms with van der Waals surface area (Å²) in [6.45, 7) is 0. The smallest absolute Gasteiger partial charge is 0.242 e. The van der Waals surface area contributed by atoms with Gasteiger partial charge in [0.05, 0.1) is 0 Å². The van der Waals surface area contributed by atoms with Crippen molar-refractivity contribution in [2.24, 2.45) is 0 Å². The van der Waals surface area contributed by atoms with E-state index in [-0.39, 0.29) is 10.6 Å². The van der Waals surface area contributed by atoms with Gasteiger partial charge in [0.1, 0.15) is 10.6 Å². The Morgan fingerprint density at radius 2 is 2.19 bits per heavy atom. The summed E-state index contributed by atoms with van der Waals surface area (Å²) in [6, 6.07) is 0. The molecule has 0 amide bonds. The number of rotatable bonds is 2. The van der Waals surface area contributed by atoms with Crippen molar-refractivity contribution in [2.45, 2.75) is 6.42 Å². The highest BCUT2D eigenvalue weighted by molar-refractivity contribution is 7.98. The van der Waals surface area contributed by atoms with Crippen LogP contribution in [0.2, 0.25) is 0 Å². The minimum Gasteiger partial charge on any atom is -0.244 e. The molecule has 0 unspecified atom stereocenters. The summed E-state index contributed by atoms with van der Waals surface area (Å²) < 4.78 is 30.2. The summed E-state index contributed by atoms with van der Waals surface area (Å²) in [5.74, 6) is 0. The quantitative estimate of drug-likeness (QED) is 0.844. The molecule has 86 valence electrons. The van der Waals surface area contributed by atoms with E-state index < -0.39 is 10.0 Å². The molecule has 0 bridgehead atoms. The molecule has 8 heteroatoms. The van der Waals surface area contributed by atoms with E-state index in [1.807, 2.05) is 0 Å². The van der Waals surface area contributed by atoms with Crippen LogP contribution in [0.5, 0.6) is 0 Å². The van der Waals surface area contributed by atoms with Gasteiger partial charge in [-0.05, 0) is 24.4 Å². The molecule has 0 spiro atoms. The Morgan fingerprint density at radius 1 is 1.44 bits per heavy atom. The van der Waals surface area contributed by atoms with Crippen LogP contribution in [0.1, 0.15) is 11.4 Å². The molecule has 2 rings (SSSR count). The number of fused-ring (bicyclic) bond motifs is 1. The molecule has 1 aromatic rings. The third kappa shape index (κ3) is 1.89. The highest BCUT2D eigenvalue weighted by Gasteiger charge is 2.26. The minimum atomic E-state index is -3.61. The third-order valence-electron chi connectivity index (χ3n) is 2.10. The molecule has 1 aliphatic rings. The Morgan fingerprint density at radius 3 is 2.88 bits per heavy atom. The topological polar surface area (TPSA) is 85.1 Å². The van der Waals surface area contributed by atoms with Crippen molar-refractivity contribution in [1.82, 2.24) is 15.0 Å². The lowest BCUT2D eigenvalue weighted by Gasteiger charge is -2.03. The highest BCUT2D eigenvalue weighted by Crippen LogP contribution is 2.27. The van der Waals surface area contributed by atoms with Crippen molar-refractivity contribution in [3.8, 4) is 0 Å². The molecule has 1 N–H and O–H groups in total. The van der Waals surface area contributed by atoms with Gasteiger partial charge in [0.25, 0.3) is 0 Å². The molecule has 16 heavy (non-hydrogen) atoms. The van der Waals surface area contributed by atoms with Gasteiger partial charge in [-0.1, -0.05) is 16.8 Å². The van der Waals surface area contributed by atoms with Crippen molar-refractivity contribution in [3.63, 3.8) is 0 Å². The molecule has 0 atom stereocenters. The van der Waals surface area contributed by atoms with Crippen LogP contribution in [0.25, 0.3) is 4.91 Å². The van der Waals surface area contributed by atoms with E-state index in [0.717, 1.165) is 0 Å². The van der Waals surface area contributed by atoms with Crippen LogP contribution in [-0.4, -0.2) is 25.8 Å². The fourth-order valence-corrected chi connectivity index (χ4v) is 2.37. The first-order valence-electron chi connectivity index (χ1n) is 4.36. The molecule has 6 nitrogen and oxygen atoms in total. The van der Waals surface area contributed by atoms with Crippen molar-refractivity contribution >= 4 is 26.5 Å². The minimum absolute atomic E-state index is 0.00176. The van der Waals surface area contributed by atoms with Gasteiger partial charge < -0.3 is 0 Å². The second-order valence-electron chi connectivity index (χ2n) is 3.09. The Hall–Kier alpha value is -1.18. The summed E-state index contributed by atoms with van der Waals surface area (Å²) >= 11 is 5.86. The molecular formula is C8H8ClN3O3S. The Labute approximate surface area is 97.0 Å². The van der Waals surface area contributed by atoms with Crippen LogP contribution in [0.3, 0.4) is 0 Å². The maximum absolute atomic E-state index is 11.7. The first kappa shape index (κ1) is 11.3. The fourth-order valence-electron chi connectivity index (χ4n) is 1.30. The van der Waals surface area contributed by atoms with E-state index in [0.29, 0.717) is 17.1 Å². The number of nitrogens with one attached hydrogen (secondary N) is 1. The van der Waals surface area contributed by atoms with E-state index in [1.165, 1.54) is 19.2 Å². The first-order valence-corrected chi connectivity index (χ1v) is 6.22. The van der Waals surface area contributed by atoms with Crippen molar-refractivity contribution in [2.75, 3.05) is 7.05 Å². The van der Waals surface area contributed by atoms with Gasteiger partial charge in [0.15, 0.2) is 5.69 Å². The zero-order chi connectivity index (χ0) is 11.8. The number of hydrogen-bond acceptors (Lipinski definition) is 5. The van der Waals surface area contributed by atoms with Gasteiger partial charge in [-0.15, -0.1) is 0 Å². The van der Waals surface area contributed by atoms with Crippen LogP contribution in [0, 0.1) is 0 Å². The van der Waals surface area contributed by atoms with E-state index in [1.54, 1.807) is 0 Å². The molecular weight excluding hydrogens is 254 g/mol. The molecule has 1 aliphatic carbocycles. The van der Waals surface area contributed by atoms with Gasteiger partial charge in [0.2, 0.25) is 10.0 Å². The van der Waals surface area contributed by atoms with Gasteiger partial charge in [0, 0.05) is 11.5 Å². The lowest BCUT2D eigenvalue weighted by atomic mass is 10.2. The fraction of sp³-hybridized carbons (Fsp3) is 0.250. The number of halogens is 1. The Bertz CT molecular complexity index is 573. The lowest BCUT2D eigenvalue weighted by molar-refractivity contribution is 0.303. The van der Waals surface area contributed by atoms with Gasteiger partial charge in [-0.3, -0.25) is 0 Å². The third-order valence-corrected chi connectivity index (χ3v) is 3.81. The molecule has 0 saturated carbocycles. The monoisotopic (exact) mass is 261 g/mol. The zero-order valence-electron chi connectivity index (χ0n) is 8.27. The summed E-state index contributed by atoms with van der Waals surface area (Å²) in [7, 11) is -2.29. The average Bonchev–Trinajstić information content (AvgIpc) is 2.60. The maximum Gasteiger partial charge on any atom is 0.242 e. The van der Waals surface area contributed by atoms with Crippen LogP contribution in [0.15, 0.2) is 21.8 Å². The standard InChI is InChI=1S/C8H8ClN3O3S/c1-10-16(13,14)7-3-2-5(9)4-6-8(7)12-15-11-6/h2-3,10H,4H2,1H3. The molecule has 1 aromatic heterocycles. The van der Waals surface area contributed by atoms with E-state index in [9.17, 15) is 8.42 Å². The van der Waals surface area contributed by atoms with Crippen LogP contribution < -0.4 is 4.72 Å². The molecule has 0 aromatic carbocycles. The lowest BCUT2D eigenvalue weighted by Crippen LogP contribution is -2.20. The van der Waals surface area contributed by atoms with Crippen LogP contribution in [0.4, 0.5) is 0 Å². The summed E-state index contributed by atoms with van der Waals surface area (Å²) in [6.07, 6.45) is 3.19. The molecule has 1 heterocycles. The van der Waals surface area contributed by atoms with Crippen molar-refractivity contribution in [1.29, 1.82) is 0 Å². The normalized spacial score (nSPS) is 16.1. The van der Waals surface area contributed by atoms with Crippen LogP contribution in [-0.2, 0) is 16.4 Å². The van der Waals surface area contributed by atoms with Gasteiger partial charge in [-0.2, -0.15) is 0 Å². The highest BCUT2D eigenvalue weighted by atomic mass is 35.5. The van der Waals surface area contributed by atoms with Gasteiger partial charge >= 0.3 is 0 Å². The average molecular weight is 262 g/mol. The van der Waals surface area contributed by atoms with Gasteiger partial charge in [-0.25, -0.2) is 17.8 Å². The number of sulfonamides is 1. The number of hydrogen-bond donors (Lipinski definition) is 1. The summed E-state index contributed by atoms with van der Waals surface area (Å²) in [5.41, 5.74) is 0.602. The van der Waals surface area contributed by atoms with E-state index in [2.05, 4.69) is 19.7 Å². The van der Waals surface area contributed by atoms with Crippen molar-refractivity contribution in [3.05, 3.63) is 28.6 Å². The SMILES string of the molecule is CNS(=O)(=O)C1=CC=C(Cl)Cc2nonc21. The summed E-state index contributed by atoms with van der Waals surface area (Å²) in [4.78, 5) is 0.00176. The molecule has 0 fully saturated rings. The number of nitrogens with zero attached hydrogens (tertiary/aromatic N) is 2. The number of allylic oxidation sites excluding steroid dienone is 3. The zero-order valence-corrected chi connectivity index (χ0v) is 9.84. The van der Waals surface area contributed by atoms with Crippen molar-refractivity contribution < 1.29 is 13.0 Å². The first-order chi connectivity index (χ1) is 7.54. The summed E-state index contributed by atoms with van der Waals surface area (Å²) in [5, 5.41) is 7.67. The molecule has 0 saturated heterocycles. The van der Waals surface area contributed by atoms with E-state index >= 15 is 0 Å². The number of aromatic nitrogens is 2. The Balaban J connectivity index is 2.63. The Kier molecular flexibility index (Phi) is 2.83.